The quantitative estimate of drug-likeness (QED) is 0.824. The molecular weight excluding hydrogens is 234 g/mol. The van der Waals surface area contributed by atoms with Gasteiger partial charge in [-0.3, -0.25) is 4.79 Å². The third-order valence-electron chi connectivity index (χ3n) is 1.68. The van der Waals surface area contributed by atoms with Crippen molar-refractivity contribution in [3.05, 3.63) is 16.1 Å². The Bertz CT molecular complexity index is 303. The van der Waals surface area contributed by atoms with Gasteiger partial charge in [0.15, 0.2) is 0 Å². The van der Waals surface area contributed by atoms with Crippen molar-refractivity contribution in [1.82, 2.24) is 10.3 Å². The van der Waals surface area contributed by atoms with Crippen molar-refractivity contribution in [2.75, 3.05) is 13.1 Å². The Hall–Kier alpha value is -0.650. The highest BCUT2D eigenvalue weighted by Crippen LogP contribution is 2.09. The molecular formula is C9H16ClN3OS. The first-order valence-electron chi connectivity index (χ1n) is 4.70. The summed E-state index contributed by atoms with van der Waals surface area (Å²) in [5.41, 5.74) is 5.90. The van der Waals surface area contributed by atoms with Crippen LogP contribution in [0.2, 0.25) is 0 Å². The molecule has 0 saturated carbocycles. The van der Waals surface area contributed by atoms with Gasteiger partial charge in [0, 0.05) is 18.3 Å². The molecule has 0 radical (unpaired) electrons. The van der Waals surface area contributed by atoms with Crippen LogP contribution in [0.4, 0.5) is 0 Å². The summed E-state index contributed by atoms with van der Waals surface area (Å²) in [6, 6.07) is 0. The number of thiazole rings is 1. The smallest absolute Gasteiger partial charge is 0.270 e. The Morgan fingerprint density at radius 3 is 3.00 bits per heavy atom. The van der Waals surface area contributed by atoms with Gasteiger partial charge in [-0.1, -0.05) is 6.92 Å². The standard InChI is InChI=1S/C9H15N3OS.ClH/c1-2-5-11-9(13)7-6-14-8(12-7)3-4-10;/h6H,2-5,10H2,1H3,(H,11,13);1H. The maximum atomic E-state index is 11.4. The van der Waals surface area contributed by atoms with Gasteiger partial charge in [0.05, 0.1) is 5.01 Å². The van der Waals surface area contributed by atoms with Crippen molar-refractivity contribution in [3.63, 3.8) is 0 Å². The highest BCUT2D eigenvalue weighted by Gasteiger charge is 2.08. The molecule has 0 unspecified atom stereocenters. The third kappa shape index (κ3) is 4.59. The second-order valence-corrected chi connectivity index (χ2v) is 3.86. The highest BCUT2D eigenvalue weighted by atomic mass is 35.5. The molecule has 1 aromatic rings. The summed E-state index contributed by atoms with van der Waals surface area (Å²) in [7, 11) is 0. The lowest BCUT2D eigenvalue weighted by molar-refractivity contribution is 0.0949. The average Bonchev–Trinajstić information content (AvgIpc) is 2.63. The summed E-state index contributed by atoms with van der Waals surface area (Å²) in [5.74, 6) is -0.0913. The van der Waals surface area contributed by atoms with Crippen LogP contribution in [0.15, 0.2) is 5.38 Å². The summed E-state index contributed by atoms with van der Waals surface area (Å²) >= 11 is 1.48. The first-order chi connectivity index (χ1) is 6.77. The molecule has 6 heteroatoms. The number of nitrogens with one attached hydrogen (secondary N) is 1. The van der Waals surface area contributed by atoms with Crippen LogP contribution in [-0.4, -0.2) is 24.0 Å². The molecule has 1 aromatic heterocycles. The monoisotopic (exact) mass is 249 g/mol. The Balaban J connectivity index is 0.00000196. The second-order valence-electron chi connectivity index (χ2n) is 2.92. The number of carbonyl (C=O) groups is 1. The van der Waals surface area contributed by atoms with Gasteiger partial charge in [0.25, 0.3) is 5.91 Å². The molecule has 1 rings (SSSR count). The lowest BCUT2D eigenvalue weighted by Gasteiger charge is -1.98. The molecule has 0 fully saturated rings. The minimum Gasteiger partial charge on any atom is -0.351 e. The van der Waals surface area contributed by atoms with E-state index in [1.165, 1.54) is 11.3 Å². The molecule has 0 aromatic carbocycles. The van der Waals surface area contributed by atoms with Gasteiger partial charge < -0.3 is 11.1 Å². The molecule has 0 atom stereocenters. The Labute approximate surface area is 99.7 Å². The lowest BCUT2D eigenvalue weighted by atomic mass is 10.4. The molecule has 0 bridgehead atoms. The van der Waals surface area contributed by atoms with E-state index in [9.17, 15) is 4.79 Å². The van der Waals surface area contributed by atoms with E-state index in [0.29, 0.717) is 18.8 Å². The lowest BCUT2D eigenvalue weighted by Crippen LogP contribution is -2.24. The van der Waals surface area contributed by atoms with Crippen LogP contribution < -0.4 is 11.1 Å². The van der Waals surface area contributed by atoms with Gasteiger partial charge in [-0.25, -0.2) is 4.98 Å². The van der Waals surface area contributed by atoms with Crippen LogP contribution in [0.5, 0.6) is 0 Å². The van der Waals surface area contributed by atoms with E-state index >= 15 is 0 Å². The van der Waals surface area contributed by atoms with Crippen molar-refractivity contribution in [2.24, 2.45) is 5.73 Å². The normalized spacial score (nSPS) is 9.47. The van der Waals surface area contributed by atoms with Crippen LogP contribution in [-0.2, 0) is 6.42 Å². The minimum absolute atomic E-state index is 0. The zero-order valence-corrected chi connectivity index (χ0v) is 10.3. The summed E-state index contributed by atoms with van der Waals surface area (Å²) in [6.45, 7) is 3.29. The fourth-order valence-electron chi connectivity index (χ4n) is 0.983. The van der Waals surface area contributed by atoms with Crippen LogP contribution in [0.25, 0.3) is 0 Å². The molecule has 1 amide bonds. The van der Waals surface area contributed by atoms with Gasteiger partial charge in [0.1, 0.15) is 5.69 Å². The van der Waals surface area contributed by atoms with Crippen LogP contribution in [0.1, 0.15) is 28.8 Å². The first-order valence-corrected chi connectivity index (χ1v) is 5.58. The minimum atomic E-state index is -0.0913. The summed E-state index contributed by atoms with van der Waals surface area (Å²) < 4.78 is 0. The van der Waals surface area contributed by atoms with Gasteiger partial charge in [0.2, 0.25) is 0 Å². The highest BCUT2D eigenvalue weighted by molar-refractivity contribution is 7.09. The average molecular weight is 250 g/mol. The predicted octanol–water partition coefficient (Wildman–Crippen LogP) is 1.21. The Morgan fingerprint density at radius 2 is 2.40 bits per heavy atom. The Kier molecular flexibility index (Phi) is 7.29. The van der Waals surface area contributed by atoms with Crippen molar-refractivity contribution < 1.29 is 4.79 Å². The number of hydrogen-bond acceptors (Lipinski definition) is 4. The topological polar surface area (TPSA) is 68.0 Å². The third-order valence-corrected chi connectivity index (χ3v) is 2.59. The molecule has 4 nitrogen and oxygen atoms in total. The Morgan fingerprint density at radius 1 is 1.67 bits per heavy atom. The number of aromatic nitrogens is 1. The molecule has 0 aliphatic heterocycles. The fraction of sp³-hybridized carbons (Fsp3) is 0.556. The second kappa shape index (κ2) is 7.62. The van der Waals surface area contributed by atoms with Crippen molar-refractivity contribution in [2.45, 2.75) is 19.8 Å². The van der Waals surface area contributed by atoms with Crippen molar-refractivity contribution >= 4 is 29.7 Å². The van der Waals surface area contributed by atoms with Gasteiger partial charge in [-0.2, -0.15) is 0 Å². The molecule has 0 saturated heterocycles. The van der Waals surface area contributed by atoms with E-state index in [4.69, 9.17) is 5.73 Å². The zero-order valence-electron chi connectivity index (χ0n) is 8.66. The molecule has 0 spiro atoms. The predicted molar refractivity (Wildman–Crippen MR) is 64.7 cm³/mol. The number of hydrogen-bond donors (Lipinski definition) is 2. The van der Waals surface area contributed by atoms with E-state index < -0.39 is 0 Å². The number of rotatable bonds is 5. The number of nitrogens with two attached hydrogens (primary N) is 1. The molecule has 0 aliphatic rings. The van der Waals surface area contributed by atoms with Crippen LogP contribution in [0.3, 0.4) is 0 Å². The summed E-state index contributed by atoms with van der Waals surface area (Å²) in [4.78, 5) is 15.6. The molecule has 1 heterocycles. The van der Waals surface area contributed by atoms with Crippen LogP contribution >= 0.6 is 23.7 Å². The summed E-state index contributed by atoms with van der Waals surface area (Å²) in [5, 5.41) is 5.48. The number of carbonyl (C=O) groups excluding carboxylic acids is 1. The molecule has 0 aliphatic carbocycles. The van der Waals surface area contributed by atoms with Crippen molar-refractivity contribution in [3.8, 4) is 0 Å². The largest absolute Gasteiger partial charge is 0.351 e. The number of nitrogens with zero attached hydrogens (tertiary/aromatic N) is 1. The molecule has 15 heavy (non-hydrogen) atoms. The number of amides is 1. The molecule has 3 N–H and O–H groups in total. The van der Waals surface area contributed by atoms with E-state index in [1.54, 1.807) is 5.38 Å². The maximum absolute atomic E-state index is 11.4. The van der Waals surface area contributed by atoms with E-state index in [0.717, 1.165) is 17.8 Å². The van der Waals surface area contributed by atoms with E-state index in [-0.39, 0.29) is 18.3 Å². The van der Waals surface area contributed by atoms with E-state index in [1.807, 2.05) is 6.92 Å². The SMILES string of the molecule is CCCNC(=O)c1csc(CCN)n1.Cl. The van der Waals surface area contributed by atoms with Crippen molar-refractivity contribution in [1.29, 1.82) is 0 Å². The van der Waals surface area contributed by atoms with Crippen LogP contribution in [0, 0.1) is 0 Å². The fourth-order valence-corrected chi connectivity index (χ4v) is 1.78. The number of halogens is 1. The van der Waals surface area contributed by atoms with E-state index in [2.05, 4.69) is 10.3 Å². The summed E-state index contributed by atoms with van der Waals surface area (Å²) in [6.07, 6.45) is 1.68. The van der Waals surface area contributed by atoms with Gasteiger partial charge >= 0.3 is 0 Å². The zero-order chi connectivity index (χ0) is 10.4. The molecule has 86 valence electrons. The first kappa shape index (κ1) is 14.3. The van der Waals surface area contributed by atoms with Gasteiger partial charge in [-0.15, -0.1) is 23.7 Å². The maximum Gasteiger partial charge on any atom is 0.270 e. The van der Waals surface area contributed by atoms with Gasteiger partial charge in [-0.05, 0) is 13.0 Å².